The molecule has 2 aliphatic rings. The van der Waals surface area contributed by atoms with E-state index >= 15 is 0 Å². The number of benzene rings is 2. The van der Waals surface area contributed by atoms with Gasteiger partial charge >= 0.3 is 0 Å². The van der Waals surface area contributed by atoms with Gasteiger partial charge in [0.1, 0.15) is 11.1 Å². The van der Waals surface area contributed by atoms with Crippen molar-refractivity contribution in [1.82, 2.24) is 14.8 Å². The first-order valence-electron chi connectivity index (χ1n) is 10.9. The fourth-order valence-corrected chi connectivity index (χ4v) is 4.46. The number of para-hydroxylation sites is 2. The summed E-state index contributed by atoms with van der Waals surface area (Å²) in [5.41, 5.74) is 1.77. The lowest BCUT2D eigenvalue weighted by Crippen LogP contribution is -2.48. The van der Waals surface area contributed by atoms with Gasteiger partial charge in [0.15, 0.2) is 11.5 Å². The molecule has 0 bridgehead atoms. The lowest BCUT2D eigenvalue weighted by molar-refractivity contribution is -0.129. The maximum Gasteiger partial charge on any atom is 0.256 e. The van der Waals surface area contributed by atoms with Crippen molar-refractivity contribution in [2.24, 2.45) is 0 Å². The fraction of sp³-hybridized carbons (Fsp3) is 0.292. The number of ether oxygens (including phenoxy) is 1. The number of pyridine rings is 1. The van der Waals surface area contributed by atoms with Crippen LogP contribution in [0.3, 0.4) is 0 Å². The predicted octanol–water partition coefficient (Wildman–Crippen LogP) is 1.49. The Kier molecular flexibility index (Phi) is 5.26. The summed E-state index contributed by atoms with van der Waals surface area (Å²) in [5.74, 6) is 0.698. The Labute approximate surface area is 189 Å². The van der Waals surface area contributed by atoms with Gasteiger partial charge in [0.05, 0.1) is 23.4 Å². The molecule has 9 nitrogen and oxygen atoms in total. The van der Waals surface area contributed by atoms with E-state index in [0.717, 1.165) is 11.4 Å². The molecule has 0 unspecified atom stereocenters. The number of aromatic nitrogens is 1. The number of hydrogen-bond acceptors (Lipinski definition) is 6. The summed E-state index contributed by atoms with van der Waals surface area (Å²) in [6.07, 6.45) is 1.54. The van der Waals surface area contributed by atoms with Crippen LogP contribution in [0.4, 0.5) is 5.69 Å². The summed E-state index contributed by atoms with van der Waals surface area (Å²) in [4.78, 5) is 41.6. The van der Waals surface area contributed by atoms with Gasteiger partial charge in [-0.05, 0) is 24.3 Å². The molecule has 0 radical (unpaired) electrons. The smallest absolute Gasteiger partial charge is 0.256 e. The molecule has 2 N–H and O–H groups in total. The monoisotopic (exact) mass is 448 g/mol. The second-order valence-corrected chi connectivity index (χ2v) is 8.09. The molecule has 170 valence electrons. The standard InChI is InChI=1S/C24H24N4O5/c1-15(30)26-9-11-27(12-10-26)19-7-6-16-21-23(19)33-20-5-3-2-4-18(20)28(21)14-17(22(16)31)24(32)25-8-13-29/h2-7,14,29H,8-13H2,1H3,(H,25,32). The lowest BCUT2D eigenvalue weighted by Gasteiger charge is -2.37. The molecule has 0 aliphatic carbocycles. The number of piperazine rings is 1. The van der Waals surface area contributed by atoms with Crippen molar-refractivity contribution in [2.75, 3.05) is 44.2 Å². The number of anilines is 1. The van der Waals surface area contributed by atoms with Gasteiger partial charge in [0, 0.05) is 45.8 Å². The highest BCUT2D eigenvalue weighted by Gasteiger charge is 2.29. The molecule has 2 aromatic carbocycles. The van der Waals surface area contributed by atoms with E-state index in [0.29, 0.717) is 48.6 Å². The molecule has 2 amide bonds. The van der Waals surface area contributed by atoms with Crippen LogP contribution < -0.4 is 20.4 Å². The van der Waals surface area contributed by atoms with Gasteiger partial charge in [0.25, 0.3) is 5.91 Å². The minimum atomic E-state index is -0.533. The summed E-state index contributed by atoms with van der Waals surface area (Å²) in [6, 6.07) is 11.0. The van der Waals surface area contributed by atoms with Crippen LogP contribution in [-0.4, -0.2) is 65.7 Å². The molecule has 3 heterocycles. The quantitative estimate of drug-likeness (QED) is 0.490. The normalized spacial score (nSPS) is 14.6. The zero-order valence-electron chi connectivity index (χ0n) is 18.2. The Bertz CT molecular complexity index is 1320. The molecule has 0 saturated carbocycles. The van der Waals surface area contributed by atoms with Crippen molar-refractivity contribution >= 4 is 28.4 Å². The van der Waals surface area contributed by atoms with Crippen LogP contribution in [0.15, 0.2) is 47.4 Å². The van der Waals surface area contributed by atoms with Crippen LogP contribution in [0.25, 0.3) is 16.6 Å². The minimum Gasteiger partial charge on any atom is -0.451 e. The predicted molar refractivity (Wildman–Crippen MR) is 124 cm³/mol. The van der Waals surface area contributed by atoms with Crippen LogP contribution in [0.5, 0.6) is 11.5 Å². The molecular weight excluding hydrogens is 424 g/mol. The van der Waals surface area contributed by atoms with E-state index in [-0.39, 0.29) is 24.6 Å². The highest BCUT2D eigenvalue weighted by molar-refractivity contribution is 6.01. The average molecular weight is 448 g/mol. The number of hydrogen-bond donors (Lipinski definition) is 2. The summed E-state index contributed by atoms with van der Waals surface area (Å²) >= 11 is 0. The first-order valence-corrected chi connectivity index (χ1v) is 10.9. The Morgan fingerprint density at radius 3 is 2.55 bits per heavy atom. The molecule has 9 heteroatoms. The lowest BCUT2D eigenvalue weighted by atomic mass is 10.1. The SMILES string of the molecule is CC(=O)N1CCN(c2ccc3c(=O)c(C(=O)NCCO)cn4c3c2Oc2ccccc2-4)CC1. The Morgan fingerprint density at radius 1 is 1.06 bits per heavy atom. The summed E-state index contributed by atoms with van der Waals surface area (Å²) in [7, 11) is 0. The number of rotatable bonds is 4. The molecule has 0 atom stereocenters. The molecule has 1 aromatic heterocycles. The van der Waals surface area contributed by atoms with E-state index in [1.165, 1.54) is 0 Å². The van der Waals surface area contributed by atoms with Gasteiger partial charge in [-0.25, -0.2) is 0 Å². The van der Waals surface area contributed by atoms with Gasteiger partial charge in [-0.2, -0.15) is 0 Å². The largest absolute Gasteiger partial charge is 0.451 e. The zero-order valence-corrected chi connectivity index (χ0v) is 18.2. The number of aliphatic hydroxyl groups excluding tert-OH is 1. The van der Waals surface area contributed by atoms with Crippen molar-refractivity contribution in [3.63, 3.8) is 0 Å². The summed E-state index contributed by atoms with van der Waals surface area (Å²) in [5, 5.41) is 12.0. The molecular formula is C24H24N4O5. The Balaban J connectivity index is 1.67. The Morgan fingerprint density at radius 2 is 1.82 bits per heavy atom. The highest BCUT2D eigenvalue weighted by Crippen LogP contribution is 2.45. The third-order valence-electron chi connectivity index (χ3n) is 6.14. The second kappa shape index (κ2) is 8.25. The van der Waals surface area contributed by atoms with Crippen molar-refractivity contribution in [2.45, 2.75) is 6.92 Å². The number of carbonyl (C=O) groups is 2. The van der Waals surface area contributed by atoms with Crippen molar-refractivity contribution < 1.29 is 19.4 Å². The van der Waals surface area contributed by atoms with Crippen molar-refractivity contribution in [1.29, 1.82) is 0 Å². The van der Waals surface area contributed by atoms with E-state index in [4.69, 9.17) is 9.84 Å². The third kappa shape index (κ3) is 3.50. The Hall–Kier alpha value is -3.85. The van der Waals surface area contributed by atoms with Crippen molar-refractivity contribution in [3.8, 4) is 17.2 Å². The van der Waals surface area contributed by atoms with Gasteiger partial charge in [-0.1, -0.05) is 12.1 Å². The van der Waals surface area contributed by atoms with Crippen molar-refractivity contribution in [3.05, 3.63) is 58.4 Å². The second-order valence-electron chi connectivity index (χ2n) is 8.09. The molecule has 2 aliphatic heterocycles. The summed E-state index contributed by atoms with van der Waals surface area (Å²) in [6.45, 7) is 3.94. The first-order chi connectivity index (χ1) is 16.0. The van der Waals surface area contributed by atoms with Gasteiger partial charge in [-0.3, -0.25) is 14.4 Å². The minimum absolute atomic E-state index is 0.00132. The number of aliphatic hydroxyl groups is 1. The van der Waals surface area contributed by atoms with E-state index in [1.54, 1.807) is 19.2 Å². The molecule has 1 fully saturated rings. The van der Waals surface area contributed by atoms with Crippen LogP contribution in [-0.2, 0) is 4.79 Å². The van der Waals surface area contributed by atoms with Crippen LogP contribution >= 0.6 is 0 Å². The maximum absolute atomic E-state index is 13.2. The zero-order chi connectivity index (χ0) is 23.1. The van der Waals surface area contributed by atoms with Gasteiger partial charge in [-0.15, -0.1) is 0 Å². The summed E-state index contributed by atoms with van der Waals surface area (Å²) < 4.78 is 8.14. The molecule has 1 saturated heterocycles. The fourth-order valence-electron chi connectivity index (χ4n) is 4.46. The topological polar surface area (TPSA) is 104 Å². The van der Waals surface area contributed by atoms with Gasteiger partial charge in [0.2, 0.25) is 11.3 Å². The average Bonchev–Trinajstić information content (AvgIpc) is 2.84. The molecule has 5 rings (SSSR count). The molecule has 0 spiro atoms. The van der Waals surface area contributed by atoms with Crippen LogP contribution in [0.1, 0.15) is 17.3 Å². The van der Waals surface area contributed by atoms with Gasteiger partial charge < -0.3 is 29.5 Å². The first kappa shape index (κ1) is 21.0. The number of fused-ring (bicyclic) bond motifs is 2. The maximum atomic E-state index is 13.2. The third-order valence-corrected chi connectivity index (χ3v) is 6.14. The number of nitrogens with zero attached hydrogens (tertiary/aromatic N) is 3. The number of nitrogens with one attached hydrogen (secondary N) is 1. The van der Waals surface area contributed by atoms with E-state index in [2.05, 4.69) is 10.2 Å². The molecule has 33 heavy (non-hydrogen) atoms. The van der Waals surface area contributed by atoms with Crippen LogP contribution in [0, 0.1) is 0 Å². The highest BCUT2D eigenvalue weighted by atomic mass is 16.5. The molecule has 3 aromatic rings. The van der Waals surface area contributed by atoms with Crippen LogP contribution in [0.2, 0.25) is 0 Å². The van der Waals surface area contributed by atoms with E-state index < -0.39 is 11.3 Å². The van der Waals surface area contributed by atoms with E-state index in [1.807, 2.05) is 39.8 Å². The number of carbonyl (C=O) groups excluding carboxylic acids is 2. The number of amides is 2. The van der Waals surface area contributed by atoms with E-state index in [9.17, 15) is 14.4 Å².